The number of rotatable bonds is 7. The first-order valence-electron chi connectivity index (χ1n) is 8.34. The van der Waals surface area contributed by atoms with Gasteiger partial charge in [-0.2, -0.15) is 0 Å². The lowest BCUT2D eigenvalue weighted by atomic mass is 10.2. The van der Waals surface area contributed by atoms with Crippen LogP contribution in [-0.4, -0.2) is 65.3 Å². The van der Waals surface area contributed by atoms with Crippen molar-refractivity contribution in [1.29, 1.82) is 0 Å². The van der Waals surface area contributed by atoms with E-state index in [9.17, 15) is 13.2 Å². The van der Waals surface area contributed by atoms with Gasteiger partial charge in [0.05, 0.1) is 30.3 Å². The summed E-state index contributed by atoms with van der Waals surface area (Å²) in [6.45, 7) is 7.62. The van der Waals surface area contributed by atoms with Gasteiger partial charge in [-0.1, -0.05) is 19.9 Å². The number of carbonyl (C=O) groups excluding carboxylic acids is 1. The quantitative estimate of drug-likeness (QED) is 0.724. The molecule has 7 nitrogen and oxygen atoms in total. The lowest BCUT2D eigenvalue weighted by molar-refractivity contribution is -0.0280. The summed E-state index contributed by atoms with van der Waals surface area (Å²) in [7, 11) is -2.47. The zero-order valence-electron chi connectivity index (χ0n) is 14.9. The number of nitrogens with zero attached hydrogens (tertiary/aromatic N) is 1. The summed E-state index contributed by atoms with van der Waals surface area (Å²) in [5.41, 5.74) is 0.197. The molecule has 0 unspecified atom stereocenters. The van der Waals surface area contributed by atoms with Crippen molar-refractivity contribution in [3.8, 4) is 0 Å². The van der Waals surface area contributed by atoms with Crippen molar-refractivity contribution in [3.63, 3.8) is 0 Å². The molecule has 1 aromatic carbocycles. The van der Waals surface area contributed by atoms with Crippen LogP contribution in [0, 0.1) is 5.92 Å². The third-order valence-electron chi connectivity index (χ3n) is 3.91. The van der Waals surface area contributed by atoms with Gasteiger partial charge in [-0.25, -0.2) is 17.9 Å². The summed E-state index contributed by atoms with van der Waals surface area (Å²) in [6, 6.07) is 5.78. The van der Waals surface area contributed by atoms with Gasteiger partial charge in [0, 0.05) is 26.2 Å². The molecular formula is C17H26N2O5S. The molecule has 2 rings (SSSR count). The minimum atomic E-state index is -3.72. The molecule has 8 heteroatoms. The molecule has 1 saturated heterocycles. The molecule has 1 aromatic rings. The number of ether oxygens (including phenoxy) is 2. The monoisotopic (exact) mass is 370 g/mol. The number of hydrogen-bond donors (Lipinski definition) is 1. The average Bonchev–Trinajstić information content (AvgIpc) is 2.59. The number of morpholine rings is 1. The van der Waals surface area contributed by atoms with Gasteiger partial charge in [-0.15, -0.1) is 0 Å². The highest BCUT2D eigenvalue weighted by atomic mass is 32.2. The van der Waals surface area contributed by atoms with E-state index < -0.39 is 16.0 Å². The highest BCUT2D eigenvalue weighted by Crippen LogP contribution is 2.13. The van der Waals surface area contributed by atoms with E-state index in [2.05, 4.69) is 28.2 Å². The minimum Gasteiger partial charge on any atom is -0.465 e. The SMILES string of the molecule is COC(=O)c1cccc(S(=O)(=O)NC[C@@H]2CN(CC(C)C)CCO2)c1. The van der Waals surface area contributed by atoms with Crippen molar-refractivity contribution in [3.05, 3.63) is 29.8 Å². The van der Waals surface area contributed by atoms with Gasteiger partial charge < -0.3 is 9.47 Å². The van der Waals surface area contributed by atoms with Crippen LogP contribution in [0.5, 0.6) is 0 Å². The van der Waals surface area contributed by atoms with Crippen molar-refractivity contribution in [2.75, 3.05) is 39.9 Å². The maximum absolute atomic E-state index is 12.5. The van der Waals surface area contributed by atoms with E-state index in [1.54, 1.807) is 0 Å². The molecule has 1 aliphatic heterocycles. The Kier molecular flexibility index (Phi) is 6.95. The number of hydrogen-bond acceptors (Lipinski definition) is 6. The molecule has 0 radical (unpaired) electrons. The second kappa shape index (κ2) is 8.75. The summed E-state index contributed by atoms with van der Waals surface area (Å²) in [5.74, 6) is -0.0199. The maximum Gasteiger partial charge on any atom is 0.337 e. The van der Waals surface area contributed by atoms with Crippen LogP contribution in [0.15, 0.2) is 29.2 Å². The topological polar surface area (TPSA) is 84.9 Å². The molecule has 0 saturated carbocycles. The van der Waals surface area contributed by atoms with Crippen molar-refractivity contribution in [1.82, 2.24) is 9.62 Å². The summed E-state index contributed by atoms with van der Waals surface area (Å²) in [4.78, 5) is 13.9. The normalized spacial score (nSPS) is 19.1. The number of sulfonamides is 1. The number of carbonyl (C=O) groups is 1. The van der Waals surface area contributed by atoms with E-state index in [4.69, 9.17) is 4.74 Å². The zero-order chi connectivity index (χ0) is 18.4. The molecule has 1 N–H and O–H groups in total. The highest BCUT2D eigenvalue weighted by molar-refractivity contribution is 7.89. The molecule has 1 atom stereocenters. The van der Waals surface area contributed by atoms with E-state index >= 15 is 0 Å². The van der Waals surface area contributed by atoms with E-state index in [1.165, 1.54) is 31.4 Å². The Morgan fingerprint density at radius 1 is 1.44 bits per heavy atom. The van der Waals surface area contributed by atoms with Gasteiger partial charge in [0.2, 0.25) is 10.0 Å². The smallest absolute Gasteiger partial charge is 0.337 e. The molecular weight excluding hydrogens is 344 g/mol. The van der Waals surface area contributed by atoms with Crippen molar-refractivity contribution in [2.24, 2.45) is 5.92 Å². The van der Waals surface area contributed by atoms with Gasteiger partial charge in [0.15, 0.2) is 0 Å². The molecule has 0 bridgehead atoms. The van der Waals surface area contributed by atoms with Gasteiger partial charge in [0.25, 0.3) is 0 Å². The van der Waals surface area contributed by atoms with Crippen LogP contribution in [0.25, 0.3) is 0 Å². The van der Waals surface area contributed by atoms with Gasteiger partial charge in [0.1, 0.15) is 0 Å². The van der Waals surface area contributed by atoms with Crippen molar-refractivity contribution >= 4 is 16.0 Å². The van der Waals surface area contributed by atoms with Gasteiger partial charge in [-0.05, 0) is 24.1 Å². The molecule has 1 fully saturated rings. The standard InChI is InChI=1S/C17H26N2O5S/c1-13(2)11-19-7-8-24-15(12-19)10-18-25(21,22)16-6-4-5-14(9-16)17(20)23-3/h4-6,9,13,15,18H,7-8,10-12H2,1-3H3/t15-/m1/s1. The van der Waals surface area contributed by atoms with Crippen LogP contribution in [0.1, 0.15) is 24.2 Å². The molecule has 140 valence electrons. The van der Waals surface area contributed by atoms with Crippen molar-refractivity contribution in [2.45, 2.75) is 24.8 Å². The zero-order valence-corrected chi connectivity index (χ0v) is 15.7. The molecule has 1 aliphatic rings. The summed E-state index contributed by atoms with van der Waals surface area (Å²) in [5, 5.41) is 0. The fraction of sp³-hybridized carbons (Fsp3) is 0.588. The lowest BCUT2D eigenvalue weighted by Gasteiger charge is -2.33. The predicted octanol–water partition coefficient (Wildman–Crippen LogP) is 1.11. The number of benzene rings is 1. The Bertz CT molecular complexity index is 690. The largest absolute Gasteiger partial charge is 0.465 e. The summed E-state index contributed by atoms with van der Waals surface area (Å²) >= 11 is 0. The number of nitrogens with one attached hydrogen (secondary N) is 1. The van der Waals surface area contributed by atoms with Crippen LogP contribution in [-0.2, 0) is 19.5 Å². The van der Waals surface area contributed by atoms with Crippen LogP contribution < -0.4 is 4.72 Å². The number of esters is 1. The summed E-state index contributed by atoms with van der Waals surface area (Å²) in [6.07, 6.45) is -0.189. The second-order valence-electron chi connectivity index (χ2n) is 6.52. The first kappa shape index (κ1) is 19.8. The fourth-order valence-corrected chi connectivity index (χ4v) is 3.89. The first-order valence-corrected chi connectivity index (χ1v) is 9.82. The van der Waals surface area contributed by atoms with E-state index in [0.717, 1.165) is 13.1 Å². The van der Waals surface area contributed by atoms with Gasteiger partial charge in [-0.3, -0.25) is 4.90 Å². The molecule has 0 amide bonds. The average molecular weight is 370 g/mol. The van der Waals surface area contributed by atoms with E-state index in [-0.39, 0.29) is 23.1 Å². The van der Waals surface area contributed by atoms with Crippen molar-refractivity contribution < 1.29 is 22.7 Å². The third kappa shape index (κ3) is 5.78. The minimum absolute atomic E-state index is 0.0326. The first-order chi connectivity index (χ1) is 11.8. The van der Waals surface area contributed by atoms with Gasteiger partial charge >= 0.3 is 5.97 Å². The Balaban J connectivity index is 1.98. The Morgan fingerprint density at radius 2 is 2.20 bits per heavy atom. The van der Waals surface area contributed by atoms with Crippen LogP contribution in [0.3, 0.4) is 0 Å². The van der Waals surface area contributed by atoms with E-state index in [1.807, 2.05) is 0 Å². The van der Waals surface area contributed by atoms with Crippen LogP contribution in [0.4, 0.5) is 0 Å². The molecule has 0 spiro atoms. The molecule has 25 heavy (non-hydrogen) atoms. The molecule has 0 aromatic heterocycles. The number of methoxy groups -OCH3 is 1. The van der Waals surface area contributed by atoms with Crippen LogP contribution >= 0.6 is 0 Å². The second-order valence-corrected chi connectivity index (χ2v) is 8.28. The Morgan fingerprint density at radius 3 is 2.88 bits per heavy atom. The third-order valence-corrected chi connectivity index (χ3v) is 5.33. The highest BCUT2D eigenvalue weighted by Gasteiger charge is 2.24. The molecule has 1 heterocycles. The fourth-order valence-electron chi connectivity index (χ4n) is 2.78. The van der Waals surface area contributed by atoms with E-state index in [0.29, 0.717) is 19.1 Å². The lowest BCUT2D eigenvalue weighted by Crippen LogP contribution is -2.48. The Labute approximate surface area is 149 Å². The predicted molar refractivity (Wildman–Crippen MR) is 94.0 cm³/mol. The van der Waals surface area contributed by atoms with Crippen LogP contribution in [0.2, 0.25) is 0 Å². The summed E-state index contributed by atoms with van der Waals surface area (Å²) < 4.78 is 37.8. The molecule has 0 aliphatic carbocycles. The Hall–Kier alpha value is -1.48. The maximum atomic E-state index is 12.5.